The van der Waals surface area contributed by atoms with Crippen LogP contribution in [0.3, 0.4) is 0 Å². The normalized spacial score (nSPS) is 10.8. The number of hydrogen-bond acceptors (Lipinski definition) is 4. The SMILES string of the molecule is CCOCn1cc(NC(=S)Nc2cnn(Cc3ccc(Cl)cc3Cl)c2)cn1. The van der Waals surface area contributed by atoms with Crippen molar-refractivity contribution in [2.24, 2.45) is 0 Å². The summed E-state index contributed by atoms with van der Waals surface area (Å²) in [5.74, 6) is 0. The first-order chi connectivity index (χ1) is 13.0. The van der Waals surface area contributed by atoms with E-state index in [0.717, 1.165) is 16.9 Å². The van der Waals surface area contributed by atoms with Crippen LogP contribution in [0.1, 0.15) is 12.5 Å². The van der Waals surface area contributed by atoms with Crippen LogP contribution in [-0.2, 0) is 18.0 Å². The zero-order valence-corrected chi connectivity index (χ0v) is 16.9. The predicted molar refractivity (Wildman–Crippen MR) is 111 cm³/mol. The summed E-state index contributed by atoms with van der Waals surface area (Å²) in [6.45, 7) is 3.50. The standard InChI is InChI=1S/C17H18Cl2N6OS/c1-2-26-11-25-10-15(7-21-25)23-17(27)22-14-6-20-24(9-14)8-12-3-4-13(18)5-16(12)19/h3-7,9-10H,2,8,11H2,1H3,(H2,22,23,27). The molecule has 142 valence electrons. The quantitative estimate of drug-likeness (QED) is 0.552. The monoisotopic (exact) mass is 424 g/mol. The highest BCUT2D eigenvalue weighted by atomic mass is 35.5. The van der Waals surface area contributed by atoms with Crippen LogP contribution >= 0.6 is 35.4 Å². The molecule has 0 spiro atoms. The molecule has 0 unspecified atom stereocenters. The summed E-state index contributed by atoms with van der Waals surface area (Å²) < 4.78 is 8.74. The van der Waals surface area contributed by atoms with Gasteiger partial charge in [0.2, 0.25) is 0 Å². The first-order valence-electron chi connectivity index (χ1n) is 8.18. The average molecular weight is 425 g/mol. The number of thiocarbonyl (C=S) groups is 1. The summed E-state index contributed by atoms with van der Waals surface area (Å²) >= 11 is 17.5. The van der Waals surface area contributed by atoms with Crippen LogP contribution in [0.25, 0.3) is 0 Å². The van der Waals surface area contributed by atoms with Gasteiger partial charge in [0.1, 0.15) is 6.73 Å². The fourth-order valence-corrected chi connectivity index (χ4v) is 3.02. The Morgan fingerprint density at radius 3 is 2.44 bits per heavy atom. The summed E-state index contributed by atoms with van der Waals surface area (Å²) in [6, 6.07) is 5.40. The highest BCUT2D eigenvalue weighted by Crippen LogP contribution is 2.22. The van der Waals surface area contributed by atoms with Gasteiger partial charge in [-0.2, -0.15) is 10.2 Å². The molecule has 0 amide bonds. The third-order valence-electron chi connectivity index (χ3n) is 3.56. The molecule has 3 aromatic rings. The van der Waals surface area contributed by atoms with E-state index in [9.17, 15) is 0 Å². The first kappa shape index (κ1) is 19.6. The summed E-state index contributed by atoms with van der Waals surface area (Å²) in [4.78, 5) is 0. The number of ether oxygens (including phenoxy) is 1. The van der Waals surface area contributed by atoms with Crippen LogP contribution in [0.15, 0.2) is 43.0 Å². The molecule has 1 aromatic carbocycles. The van der Waals surface area contributed by atoms with Crippen molar-refractivity contribution in [3.8, 4) is 0 Å². The van der Waals surface area contributed by atoms with Crippen LogP contribution in [0.5, 0.6) is 0 Å². The number of aromatic nitrogens is 4. The Balaban J connectivity index is 1.55. The van der Waals surface area contributed by atoms with E-state index in [1.807, 2.05) is 25.4 Å². The van der Waals surface area contributed by atoms with Gasteiger partial charge in [0.15, 0.2) is 5.11 Å². The lowest BCUT2D eigenvalue weighted by molar-refractivity contribution is 0.0792. The lowest BCUT2D eigenvalue weighted by atomic mass is 10.2. The molecule has 0 aliphatic carbocycles. The second kappa shape index (κ2) is 9.18. The van der Waals surface area contributed by atoms with E-state index in [1.54, 1.807) is 33.9 Å². The maximum absolute atomic E-state index is 6.21. The van der Waals surface area contributed by atoms with Gasteiger partial charge in [-0.1, -0.05) is 29.3 Å². The number of benzene rings is 1. The maximum Gasteiger partial charge on any atom is 0.175 e. The molecule has 0 aliphatic rings. The predicted octanol–water partition coefficient (Wildman–Crippen LogP) is 4.24. The van der Waals surface area contributed by atoms with Crippen LogP contribution in [-0.4, -0.2) is 31.3 Å². The van der Waals surface area contributed by atoms with Gasteiger partial charge in [0.05, 0.1) is 36.5 Å². The largest absolute Gasteiger partial charge is 0.360 e. The molecule has 0 bridgehead atoms. The highest BCUT2D eigenvalue weighted by Gasteiger charge is 2.06. The van der Waals surface area contributed by atoms with Gasteiger partial charge in [0.25, 0.3) is 0 Å². The molecule has 7 nitrogen and oxygen atoms in total. The molecule has 27 heavy (non-hydrogen) atoms. The number of halogens is 2. The number of hydrogen-bond donors (Lipinski definition) is 2. The Kier molecular flexibility index (Phi) is 6.68. The van der Waals surface area contributed by atoms with Crippen LogP contribution in [0.4, 0.5) is 11.4 Å². The first-order valence-corrected chi connectivity index (χ1v) is 9.34. The van der Waals surface area contributed by atoms with Crippen molar-refractivity contribution in [2.75, 3.05) is 17.2 Å². The maximum atomic E-state index is 6.21. The third kappa shape index (κ3) is 5.67. The number of anilines is 2. The lowest BCUT2D eigenvalue weighted by Gasteiger charge is -2.07. The van der Waals surface area contributed by atoms with E-state index in [0.29, 0.717) is 35.0 Å². The van der Waals surface area contributed by atoms with Crippen molar-refractivity contribution in [3.05, 3.63) is 58.6 Å². The Morgan fingerprint density at radius 1 is 1.11 bits per heavy atom. The molecule has 0 fully saturated rings. The molecule has 0 aliphatic heterocycles. The van der Waals surface area contributed by atoms with E-state index in [-0.39, 0.29) is 0 Å². The minimum Gasteiger partial charge on any atom is -0.360 e. The van der Waals surface area contributed by atoms with Crippen molar-refractivity contribution in [2.45, 2.75) is 20.2 Å². The second-order valence-corrected chi connectivity index (χ2v) is 6.88. The average Bonchev–Trinajstić information content (AvgIpc) is 3.25. The topological polar surface area (TPSA) is 68.9 Å². The Bertz CT molecular complexity index is 926. The molecule has 0 radical (unpaired) electrons. The Hall–Kier alpha value is -2.13. The molecule has 0 saturated carbocycles. The van der Waals surface area contributed by atoms with Gasteiger partial charge in [-0.3, -0.25) is 4.68 Å². The van der Waals surface area contributed by atoms with E-state index in [1.165, 1.54) is 0 Å². The fourth-order valence-electron chi connectivity index (χ4n) is 2.32. The van der Waals surface area contributed by atoms with Gasteiger partial charge in [0, 0.05) is 22.8 Å². The van der Waals surface area contributed by atoms with Crippen molar-refractivity contribution in [1.29, 1.82) is 0 Å². The molecule has 2 heterocycles. The number of nitrogens with zero attached hydrogens (tertiary/aromatic N) is 4. The third-order valence-corrected chi connectivity index (χ3v) is 4.35. The van der Waals surface area contributed by atoms with Crippen LogP contribution < -0.4 is 10.6 Å². The zero-order chi connectivity index (χ0) is 19.2. The number of rotatable bonds is 7. The Morgan fingerprint density at radius 2 is 1.78 bits per heavy atom. The van der Waals surface area contributed by atoms with Gasteiger partial charge in [-0.15, -0.1) is 0 Å². The number of nitrogens with one attached hydrogen (secondary N) is 2. The molecular formula is C17H18Cl2N6OS. The van der Waals surface area contributed by atoms with Crippen LogP contribution in [0.2, 0.25) is 10.0 Å². The van der Waals surface area contributed by atoms with E-state index in [4.69, 9.17) is 40.2 Å². The van der Waals surface area contributed by atoms with Crippen molar-refractivity contribution in [3.63, 3.8) is 0 Å². The molecule has 3 rings (SSSR count). The molecule has 0 atom stereocenters. The summed E-state index contributed by atoms with van der Waals surface area (Å²) in [5, 5.41) is 16.3. The molecule has 2 N–H and O–H groups in total. The fraction of sp³-hybridized carbons (Fsp3) is 0.235. The van der Waals surface area contributed by atoms with Gasteiger partial charge >= 0.3 is 0 Å². The molecule has 2 aromatic heterocycles. The smallest absolute Gasteiger partial charge is 0.175 e. The summed E-state index contributed by atoms with van der Waals surface area (Å²) in [5.41, 5.74) is 2.46. The van der Waals surface area contributed by atoms with Crippen molar-refractivity contribution >= 4 is 51.9 Å². The zero-order valence-electron chi connectivity index (χ0n) is 14.5. The highest BCUT2D eigenvalue weighted by molar-refractivity contribution is 7.80. The van der Waals surface area contributed by atoms with E-state index in [2.05, 4.69) is 20.8 Å². The van der Waals surface area contributed by atoms with Crippen molar-refractivity contribution in [1.82, 2.24) is 19.6 Å². The second-order valence-electron chi connectivity index (χ2n) is 5.63. The van der Waals surface area contributed by atoms with E-state index < -0.39 is 0 Å². The van der Waals surface area contributed by atoms with Gasteiger partial charge in [-0.25, -0.2) is 4.68 Å². The van der Waals surface area contributed by atoms with Crippen LogP contribution in [0, 0.1) is 0 Å². The van der Waals surface area contributed by atoms with E-state index >= 15 is 0 Å². The summed E-state index contributed by atoms with van der Waals surface area (Å²) in [6.07, 6.45) is 7.03. The minimum absolute atomic E-state index is 0.401. The molecular weight excluding hydrogens is 407 g/mol. The lowest BCUT2D eigenvalue weighted by Crippen LogP contribution is -2.18. The Labute approximate surface area is 172 Å². The molecule has 0 saturated heterocycles. The minimum atomic E-state index is 0.401. The molecule has 10 heteroatoms. The van der Waals surface area contributed by atoms with Gasteiger partial charge < -0.3 is 15.4 Å². The van der Waals surface area contributed by atoms with Crippen molar-refractivity contribution < 1.29 is 4.74 Å². The van der Waals surface area contributed by atoms with Gasteiger partial charge in [-0.05, 0) is 36.8 Å². The summed E-state index contributed by atoms with van der Waals surface area (Å²) in [7, 11) is 0.